The van der Waals surface area contributed by atoms with E-state index in [-0.39, 0.29) is 18.3 Å². The first-order chi connectivity index (χ1) is 10.7. The van der Waals surface area contributed by atoms with Crippen molar-refractivity contribution in [1.82, 2.24) is 10.6 Å². The minimum absolute atomic E-state index is 0. The van der Waals surface area contributed by atoms with Gasteiger partial charge in [0, 0.05) is 13.0 Å². The largest absolute Gasteiger partial charge is 0.356 e. The Hall–Kier alpha value is -1.06. The normalized spacial score (nSPS) is 17.3. The number of rotatable bonds is 8. The molecule has 0 spiro atoms. The highest BCUT2D eigenvalue weighted by molar-refractivity contribution is 5.85. The highest BCUT2D eigenvalue weighted by Gasteiger charge is 2.12. The van der Waals surface area contributed by atoms with Crippen molar-refractivity contribution in [2.45, 2.75) is 51.9 Å². The number of nitrogens with one attached hydrogen (secondary N) is 2. The third kappa shape index (κ3) is 8.38. The molecule has 0 saturated carbocycles. The van der Waals surface area contributed by atoms with Gasteiger partial charge in [-0.1, -0.05) is 29.8 Å². The molecule has 0 radical (unpaired) electrons. The van der Waals surface area contributed by atoms with Gasteiger partial charge in [0.2, 0.25) is 5.91 Å². The lowest BCUT2D eigenvalue weighted by molar-refractivity contribution is -0.121. The zero-order valence-corrected chi connectivity index (χ0v) is 15.1. The average molecular weight is 339 g/mol. The summed E-state index contributed by atoms with van der Waals surface area (Å²) in [5, 5.41) is 6.49. The molecule has 1 aromatic carbocycles. The van der Waals surface area contributed by atoms with Crippen molar-refractivity contribution in [2.24, 2.45) is 5.92 Å². The Kier molecular flexibility index (Phi) is 9.97. The lowest BCUT2D eigenvalue weighted by Crippen LogP contribution is -2.33. The average Bonchev–Trinajstić information content (AvgIpc) is 2.54. The number of benzene rings is 1. The van der Waals surface area contributed by atoms with Crippen molar-refractivity contribution in [2.75, 3.05) is 19.6 Å². The Balaban J connectivity index is 0.00000264. The fourth-order valence-corrected chi connectivity index (χ4v) is 3.04. The maximum absolute atomic E-state index is 11.8. The Labute approximate surface area is 147 Å². The van der Waals surface area contributed by atoms with Crippen molar-refractivity contribution in [3.05, 3.63) is 35.4 Å². The van der Waals surface area contributed by atoms with Crippen LogP contribution >= 0.6 is 12.4 Å². The number of aryl methyl sites for hydroxylation is 2. The Bertz CT molecular complexity index is 441. The van der Waals surface area contributed by atoms with E-state index in [9.17, 15) is 4.79 Å². The topological polar surface area (TPSA) is 41.1 Å². The van der Waals surface area contributed by atoms with E-state index in [1.54, 1.807) is 0 Å². The summed E-state index contributed by atoms with van der Waals surface area (Å²) in [4.78, 5) is 11.8. The Morgan fingerprint density at radius 1 is 1.26 bits per heavy atom. The predicted octanol–water partition coefficient (Wildman–Crippen LogP) is 3.64. The molecule has 4 heteroatoms. The summed E-state index contributed by atoms with van der Waals surface area (Å²) in [6.45, 7) is 5.22. The molecule has 1 saturated heterocycles. The summed E-state index contributed by atoms with van der Waals surface area (Å²) < 4.78 is 0. The summed E-state index contributed by atoms with van der Waals surface area (Å²) in [5.41, 5.74) is 2.67. The molecule has 1 fully saturated rings. The molecule has 1 aliphatic heterocycles. The van der Waals surface area contributed by atoms with Crippen LogP contribution in [-0.2, 0) is 11.2 Å². The molecule has 2 rings (SSSR count). The van der Waals surface area contributed by atoms with Gasteiger partial charge in [0.15, 0.2) is 0 Å². The summed E-state index contributed by atoms with van der Waals surface area (Å²) in [6, 6.07) is 8.69. The van der Waals surface area contributed by atoms with Gasteiger partial charge in [-0.3, -0.25) is 4.79 Å². The lowest BCUT2D eigenvalue weighted by atomic mass is 9.96. The molecular weight excluding hydrogens is 308 g/mol. The monoisotopic (exact) mass is 338 g/mol. The van der Waals surface area contributed by atoms with E-state index >= 15 is 0 Å². The van der Waals surface area contributed by atoms with Gasteiger partial charge in [-0.15, -0.1) is 12.4 Å². The van der Waals surface area contributed by atoms with Gasteiger partial charge in [0.25, 0.3) is 0 Å². The highest BCUT2D eigenvalue weighted by atomic mass is 35.5. The minimum Gasteiger partial charge on any atom is -0.356 e. The highest BCUT2D eigenvalue weighted by Crippen LogP contribution is 2.13. The van der Waals surface area contributed by atoms with Crippen LogP contribution in [0.3, 0.4) is 0 Å². The number of amides is 1. The van der Waals surface area contributed by atoms with Crippen LogP contribution in [0.2, 0.25) is 0 Å². The molecule has 1 unspecified atom stereocenters. The molecule has 1 heterocycles. The first-order valence-electron chi connectivity index (χ1n) is 8.77. The van der Waals surface area contributed by atoms with Crippen molar-refractivity contribution in [3.8, 4) is 0 Å². The summed E-state index contributed by atoms with van der Waals surface area (Å²) in [7, 11) is 0. The molecule has 1 aliphatic rings. The molecule has 2 N–H and O–H groups in total. The fraction of sp³-hybridized carbons (Fsp3) is 0.632. The van der Waals surface area contributed by atoms with Gasteiger partial charge in [-0.05, 0) is 70.0 Å². The van der Waals surface area contributed by atoms with Crippen LogP contribution in [0.25, 0.3) is 0 Å². The van der Waals surface area contributed by atoms with Gasteiger partial charge >= 0.3 is 0 Å². The summed E-state index contributed by atoms with van der Waals surface area (Å²) >= 11 is 0. The van der Waals surface area contributed by atoms with E-state index in [2.05, 4.69) is 41.8 Å². The van der Waals surface area contributed by atoms with Crippen LogP contribution in [0.15, 0.2) is 24.3 Å². The minimum atomic E-state index is 0. The van der Waals surface area contributed by atoms with Crippen LogP contribution in [0, 0.1) is 12.8 Å². The number of carbonyl (C=O) groups excluding carboxylic acids is 1. The SMILES string of the molecule is Cc1ccc(CCCCC(=O)NCCC2CCCNC2)cc1.Cl. The molecule has 1 amide bonds. The lowest BCUT2D eigenvalue weighted by Gasteiger charge is -2.22. The second-order valence-corrected chi connectivity index (χ2v) is 6.54. The predicted molar refractivity (Wildman–Crippen MR) is 99.2 cm³/mol. The standard InChI is InChI=1S/C19H30N2O.ClH/c1-16-8-10-17(11-9-16)5-2-3-7-19(22)21-14-12-18-6-4-13-20-15-18;/h8-11,18,20H,2-7,12-15H2,1H3,(H,21,22);1H. The molecule has 1 aromatic rings. The van der Waals surface area contributed by atoms with Gasteiger partial charge in [0.1, 0.15) is 0 Å². The van der Waals surface area contributed by atoms with E-state index in [0.717, 1.165) is 51.2 Å². The molecule has 1 atom stereocenters. The molecule has 23 heavy (non-hydrogen) atoms. The van der Waals surface area contributed by atoms with Gasteiger partial charge < -0.3 is 10.6 Å². The van der Waals surface area contributed by atoms with Gasteiger partial charge in [0.05, 0.1) is 0 Å². The zero-order chi connectivity index (χ0) is 15.6. The second kappa shape index (κ2) is 11.5. The van der Waals surface area contributed by atoms with Crippen molar-refractivity contribution < 1.29 is 4.79 Å². The molecule has 0 bridgehead atoms. The summed E-state index contributed by atoms with van der Waals surface area (Å²) in [6.07, 6.45) is 7.49. The number of piperidine rings is 1. The quantitative estimate of drug-likeness (QED) is 0.710. The van der Waals surface area contributed by atoms with Crippen LogP contribution in [0.4, 0.5) is 0 Å². The number of carbonyl (C=O) groups is 1. The smallest absolute Gasteiger partial charge is 0.219 e. The first-order valence-corrected chi connectivity index (χ1v) is 8.77. The number of hydrogen-bond donors (Lipinski definition) is 2. The third-order valence-electron chi connectivity index (χ3n) is 4.51. The van der Waals surface area contributed by atoms with E-state index in [4.69, 9.17) is 0 Å². The first kappa shape index (κ1) is 20.0. The second-order valence-electron chi connectivity index (χ2n) is 6.54. The van der Waals surface area contributed by atoms with Crippen LogP contribution < -0.4 is 10.6 Å². The third-order valence-corrected chi connectivity index (χ3v) is 4.51. The maximum Gasteiger partial charge on any atom is 0.219 e. The molecule has 3 nitrogen and oxygen atoms in total. The van der Waals surface area contributed by atoms with Crippen molar-refractivity contribution >= 4 is 18.3 Å². The van der Waals surface area contributed by atoms with Crippen LogP contribution in [0.1, 0.15) is 49.7 Å². The van der Waals surface area contributed by atoms with Crippen molar-refractivity contribution in [3.63, 3.8) is 0 Å². The van der Waals surface area contributed by atoms with Crippen LogP contribution in [-0.4, -0.2) is 25.5 Å². The Morgan fingerprint density at radius 3 is 2.74 bits per heavy atom. The van der Waals surface area contributed by atoms with Gasteiger partial charge in [-0.2, -0.15) is 0 Å². The van der Waals surface area contributed by atoms with E-state index in [1.807, 2.05) is 0 Å². The Morgan fingerprint density at radius 2 is 2.04 bits per heavy atom. The molecule has 0 aromatic heterocycles. The molecular formula is C19H31ClN2O. The fourth-order valence-electron chi connectivity index (χ4n) is 3.04. The van der Waals surface area contributed by atoms with Crippen molar-refractivity contribution in [1.29, 1.82) is 0 Å². The number of halogens is 1. The maximum atomic E-state index is 11.8. The molecule has 0 aliphatic carbocycles. The van der Waals surface area contributed by atoms with E-state index in [0.29, 0.717) is 6.42 Å². The van der Waals surface area contributed by atoms with Gasteiger partial charge in [-0.25, -0.2) is 0 Å². The number of unbranched alkanes of at least 4 members (excludes halogenated alkanes) is 1. The van der Waals surface area contributed by atoms with Crippen LogP contribution in [0.5, 0.6) is 0 Å². The summed E-state index contributed by atoms with van der Waals surface area (Å²) in [5.74, 6) is 0.961. The molecule has 130 valence electrons. The number of hydrogen-bond acceptors (Lipinski definition) is 2. The van der Waals surface area contributed by atoms with E-state index < -0.39 is 0 Å². The van der Waals surface area contributed by atoms with E-state index in [1.165, 1.54) is 24.0 Å². The zero-order valence-electron chi connectivity index (χ0n) is 14.3.